The van der Waals surface area contributed by atoms with Crippen molar-refractivity contribution >= 4 is 17.3 Å². The number of rotatable bonds is 3. The van der Waals surface area contributed by atoms with Crippen molar-refractivity contribution in [3.8, 4) is 0 Å². The molecule has 1 unspecified atom stereocenters. The van der Waals surface area contributed by atoms with Gasteiger partial charge in [-0.1, -0.05) is 20.8 Å². The Bertz CT molecular complexity index is 1040. The molecule has 3 aromatic rings. The molecule has 2 amide bonds. The van der Waals surface area contributed by atoms with E-state index in [1.165, 1.54) is 0 Å². The van der Waals surface area contributed by atoms with Crippen LogP contribution in [0.25, 0.3) is 5.52 Å². The quantitative estimate of drug-likeness (QED) is 0.713. The summed E-state index contributed by atoms with van der Waals surface area (Å²) in [5.74, 6) is 0.0307. The largest absolute Gasteiger partial charge is 0.345 e. The highest BCUT2D eigenvalue weighted by atomic mass is 16.2. The van der Waals surface area contributed by atoms with Crippen LogP contribution in [0.2, 0.25) is 0 Å². The lowest BCUT2D eigenvalue weighted by Gasteiger charge is -2.33. The average Bonchev–Trinajstić information content (AvgIpc) is 3.36. The number of imidazole rings is 2. The summed E-state index contributed by atoms with van der Waals surface area (Å²) in [6.07, 6.45) is 8.62. The van der Waals surface area contributed by atoms with Crippen molar-refractivity contribution in [2.75, 3.05) is 13.1 Å². The molecule has 0 aliphatic carbocycles. The summed E-state index contributed by atoms with van der Waals surface area (Å²) in [4.78, 5) is 39.0. The maximum Gasteiger partial charge on any atom is 0.287 e. The second kappa shape index (κ2) is 7.35. The van der Waals surface area contributed by atoms with Crippen molar-refractivity contribution in [2.45, 2.75) is 45.1 Å². The number of carbonyl (C=O) groups is 2. The van der Waals surface area contributed by atoms with Crippen LogP contribution >= 0.6 is 0 Å². The summed E-state index contributed by atoms with van der Waals surface area (Å²) in [5, 5.41) is 3.02. The van der Waals surface area contributed by atoms with Crippen LogP contribution in [-0.4, -0.2) is 55.2 Å². The highest BCUT2D eigenvalue weighted by Crippen LogP contribution is 2.20. The number of aromatic nitrogens is 4. The minimum atomic E-state index is -0.238. The topological polar surface area (TPSA) is 95.4 Å². The molecule has 3 aromatic heterocycles. The highest BCUT2D eigenvalue weighted by Gasteiger charge is 2.28. The molecular weight excluding hydrogens is 368 g/mol. The molecule has 0 bridgehead atoms. The lowest BCUT2D eigenvalue weighted by atomic mass is 9.93. The first-order valence-electron chi connectivity index (χ1n) is 9.89. The number of hydrogen-bond acceptors (Lipinski definition) is 4. The van der Waals surface area contributed by atoms with E-state index in [4.69, 9.17) is 0 Å². The summed E-state index contributed by atoms with van der Waals surface area (Å²) < 4.78 is 1.83. The van der Waals surface area contributed by atoms with Crippen LogP contribution in [0.3, 0.4) is 0 Å². The van der Waals surface area contributed by atoms with Gasteiger partial charge in [-0.05, 0) is 25.0 Å². The van der Waals surface area contributed by atoms with Gasteiger partial charge in [-0.25, -0.2) is 9.97 Å². The van der Waals surface area contributed by atoms with Gasteiger partial charge in [0.25, 0.3) is 11.8 Å². The Morgan fingerprint density at radius 2 is 2.10 bits per heavy atom. The van der Waals surface area contributed by atoms with Crippen molar-refractivity contribution in [1.29, 1.82) is 0 Å². The third kappa shape index (κ3) is 3.87. The minimum absolute atomic E-state index is 0.0388. The van der Waals surface area contributed by atoms with Crippen LogP contribution in [0.1, 0.15) is 60.3 Å². The van der Waals surface area contributed by atoms with Crippen molar-refractivity contribution in [3.63, 3.8) is 0 Å². The molecule has 0 saturated carbocycles. The van der Waals surface area contributed by atoms with Gasteiger partial charge >= 0.3 is 0 Å². The number of likely N-dealkylation sites (tertiary alicyclic amines) is 1. The number of nitrogens with zero attached hydrogens (tertiary/aromatic N) is 4. The van der Waals surface area contributed by atoms with E-state index in [0.717, 1.165) is 24.1 Å². The standard InChI is InChI=1S/C21H26N6O2/c1-21(2,3)17-11-23-18(25-17)19(28)24-14-6-4-8-26(12-14)20(29)15-7-5-9-27-13-22-10-16(15)27/h5,7,9-11,13-14H,4,6,8,12H2,1-3H3,(H,23,25)(H,24,28). The van der Waals surface area contributed by atoms with Crippen LogP contribution in [0.15, 0.2) is 37.1 Å². The fourth-order valence-corrected chi connectivity index (χ4v) is 3.65. The smallest absolute Gasteiger partial charge is 0.287 e. The molecule has 1 aliphatic heterocycles. The van der Waals surface area contributed by atoms with Crippen LogP contribution < -0.4 is 5.32 Å². The van der Waals surface area contributed by atoms with Gasteiger partial charge < -0.3 is 19.6 Å². The number of pyridine rings is 1. The predicted octanol–water partition coefficient (Wildman–Crippen LogP) is 2.39. The fraction of sp³-hybridized carbons (Fsp3) is 0.429. The number of piperidine rings is 1. The maximum atomic E-state index is 13.1. The van der Waals surface area contributed by atoms with Crippen molar-refractivity contribution < 1.29 is 9.59 Å². The van der Waals surface area contributed by atoms with Crippen molar-refractivity contribution in [2.24, 2.45) is 0 Å². The second-order valence-corrected chi connectivity index (χ2v) is 8.57. The van der Waals surface area contributed by atoms with Gasteiger partial charge in [0.2, 0.25) is 0 Å². The van der Waals surface area contributed by atoms with Crippen molar-refractivity contribution in [1.82, 2.24) is 29.6 Å². The Morgan fingerprint density at radius 3 is 2.86 bits per heavy atom. The summed E-state index contributed by atoms with van der Waals surface area (Å²) in [5.41, 5.74) is 2.22. The molecule has 4 rings (SSSR count). The molecule has 2 N–H and O–H groups in total. The van der Waals surface area contributed by atoms with E-state index in [1.807, 2.05) is 22.7 Å². The molecule has 8 nitrogen and oxygen atoms in total. The average molecular weight is 394 g/mol. The SMILES string of the molecule is CC(C)(C)c1cnc(C(=O)NC2CCCN(C(=O)c3cccn4cncc34)C2)[nH]1. The summed E-state index contributed by atoms with van der Waals surface area (Å²) >= 11 is 0. The van der Waals surface area contributed by atoms with Crippen LogP contribution in [0, 0.1) is 0 Å². The first kappa shape index (κ1) is 19.2. The molecule has 1 atom stereocenters. The van der Waals surface area contributed by atoms with Crippen LogP contribution in [-0.2, 0) is 5.41 Å². The molecule has 0 radical (unpaired) electrons. The molecule has 4 heterocycles. The van der Waals surface area contributed by atoms with Gasteiger partial charge in [0.05, 0.1) is 23.6 Å². The van der Waals surface area contributed by atoms with Gasteiger partial charge in [-0.2, -0.15) is 0 Å². The third-order valence-electron chi connectivity index (χ3n) is 5.32. The number of nitrogens with one attached hydrogen (secondary N) is 2. The summed E-state index contributed by atoms with van der Waals surface area (Å²) in [6.45, 7) is 7.34. The monoisotopic (exact) mass is 394 g/mol. The third-order valence-corrected chi connectivity index (χ3v) is 5.32. The highest BCUT2D eigenvalue weighted by molar-refractivity contribution is 6.00. The molecule has 0 aromatic carbocycles. The van der Waals surface area contributed by atoms with Crippen LogP contribution in [0.4, 0.5) is 0 Å². The zero-order valence-electron chi connectivity index (χ0n) is 17.0. The number of carbonyl (C=O) groups excluding carboxylic acids is 2. The van der Waals surface area contributed by atoms with Gasteiger partial charge in [-0.15, -0.1) is 0 Å². The predicted molar refractivity (Wildman–Crippen MR) is 109 cm³/mol. The lowest BCUT2D eigenvalue weighted by Crippen LogP contribution is -2.49. The maximum absolute atomic E-state index is 13.1. The molecule has 1 fully saturated rings. The molecule has 152 valence electrons. The Morgan fingerprint density at radius 1 is 1.28 bits per heavy atom. The van der Waals surface area contributed by atoms with Gasteiger partial charge in [0, 0.05) is 42.6 Å². The van der Waals surface area contributed by atoms with E-state index in [-0.39, 0.29) is 23.3 Å². The zero-order valence-corrected chi connectivity index (χ0v) is 17.0. The number of fused-ring (bicyclic) bond motifs is 1. The van der Waals surface area contributed by atoms with Crippen molar-refractivity contribution in [3.05, 3.63) is 54.1 Å². The van der Waals surface area contributed by atoms with E-state index >= 15 is 0 Å². The fourth-order valence-electron chi connectivity index (χ4n) is 3.65. The van der Waals surface area contributed by atoms with Gasteiger partial charge in [-0.3, -0.25) is 9.59 Å². The molecule has 29 heavy (non-hydrogen) atoms. The molecule has 8 heteroatoms. The van der Waals surface area contributed by atoms with E-state index < -0.39 is 0 Å². The molecule has 1 saturated heterocycles. The Balaban J connectivity index is 1.44. The number of hydrogen-bond donors (Lipinski definition) is 2. The number of H-pyrrole nitrogens is 1. The second-order valence-electron chi connectivity index (χ2n) is 8.57. The minimum Gasteiger partial charge on any atom is -0.345 e. The van der Waals surface area contributed by atoms with Crippen LogP contribution in [0.5, 0.6) is 0 Å². The first-order valence-corrected chi connectivity index (χ1v) is 9.89. The van der Waals surface area contributed by atoms with Gasteiger partial charge in [0.15, 0.2) is 5.82 Å². The Kier molecular flexibility index (Phi) is 4.86. The molecule has 0 spiro atoms. The molecular formula is C21H26N6O2. The summed E-state index contributed by atoms with van der Waals surface area (Å²) in [7, 11) is 0. The van der Waals surface area contributed by atoms with E-state index in [1.54, 1.807) is 23.6 Å². The Labute approximate surface area is 169 Å². The van der Waals surface area contributed by atoms with E-state index in [2.05, 4.69) is 41.0 Å². The normalized spacial score (nSPS) is 17.5. The Hall–Kier alpha value is -3.16. The number of aromatic amines is 1. The number of amides is 2. The first-order chi connectivity index (χ1) is 13.8. The van der Waals surface area contributed by atoms with Gasteiger partial charge in [0.1, 0.15) is 0 Å². The summed E-state index contributed by atoms with van der Waals surface area (Å²) in [6, 6.07) is 3.56. The molecule has 1 aliphatic rings. The lowest BCUT2D eigenvalue weighted by molar-refractivity contribution is 0.0676. The van der Waals surface area contributed by atoms with E-state index in [9.17, 15) is 9.59 Å². The van der Waals surface area contributed by atoms with E-state index in [0.29, 0.717) is 24.5 Å². The zero-order chi connectivity index (χ0) is 20.6.